The van der Waals surface area contributed by atoms with Gasteiger partial charge in [0.05, 0.1) is 28.4 Å². The molecule has 0 saturated heterocycles. The van der Waals surface area contributed by atoms with Gasteiger partial charge in [-0.3, -0.25) is 19.0 Å². The zero-order chi connectivity index (χ0) is 16.1. The van der Waals surface area contributed by atoms with Crippen LogP contribution in [0.15, 0.2) is 40.2 Å². The first-order valence-corrected chi connectivity index (χ1v) is 6.13. The molecule has 3 rings (SSSR count). The number of nitrogens with zero attached hydrogens (tertiary/aromatic N) is 3. The van der Waals surface area contributed by atoms with Crippen molar-refractivity contribution in [2.75, 3.05) is 0 Å². The minimum absolute atomic E-state index is 0.0172. The number of fused-ring (bicyclic) bond motifs is 1. The first-order chi connectivity index (χ1) is 10.3. The topological polar surface area (TPSA) is 72.7 Å². The van der Waals surface area contributed by atoms with E-state index in [0.717, 1.165) is 22.8 Å². The number of H-pyrrole nitrogens is 1. The van der Waals surface area contributed by atoms with Crippen molar-refractivity contribution < 1.29 is 13.2 Å². The normalized spacial score (nSPS) is 12.0. The molecule has 1 aromatic carbocycles. The van der Waals surface area contributed by atoms with Crippen LogP contribution in [0.3, 0.4) is 0 Å². The van der Waals surface area contributed by atoms with Gasteiger partial charge >= 0.3 is 11.9 Å². The molecule has 0 fully saturated rings. The van der Waals surface area contributed by atoms with Gasteiger partial charge in [-0.15, -0.1) is 0 Å². The lowest BCUT2D eigenvalue weighted by molar-refractivity contribution is -0.137. The standard InChI is InChI=1S/C13H9F3N4O2/c1-19-6-8(5-17-19)20-10-4-7(13(14,15)16)2-3-9(10)11(21)18-12(20)22/h2-6H,1H3,(H,18,21,22). The van der Waals surface area contributed by atoms with E-state index >= 15 is 0 Å². The Labute approximate surface area is 120 Å². The van der Waals surface area contributed by atoms with Gasteiger partial charge in [0.25, 0.3) is 5.56 Å². The molecule has 3 aromatic rings. The Balaban J connectivity index is 2.44. The van der Waals surface area contributed by atoms with Crippen LogP contribution in [0, 0.1) is 0 Å². The molecule has 0 aliphatic heterocycles. The van der Waals surface area contributed by atoms with Crippen molar-refractivity contribution in [2.24, 2.45) is 7.05 Å². The molecule has 0 spiro atoms. The van der Waals surface area contributed by atoms with Crippen LogP contribution in [-0.4, -0.2) is 19.3 Å². The second kappa shape index (κ2) is 4.58. The van der Waals surface area contributed by atoms with Gasteiger partial charge in [-0.25, -0.2) is 4.79 Å². The molecule has 2 heterocycles. The maximum absolute atomic E-state index is 12.9. The van der Waals surface area contributed by atoms with Gasteiger partial charge in [-0.05, 0) is 18.2 Å². The summed E-state index contributed by atoms with van der Waals surface area (Å²) in [5, 5.41) is 3.86. The van der Waals surface area contributed by atoms with E-state index in [9.17, 15) is 22.8 Å². The second-order valence-electron chi connectivity index (χ2n) is 4.70. The van der Waals surface area contributed by atoms with E-state index in [1.54, 1.807) is 7.05 Å². The van der Waals surface area contributed by atoms with Crippen molar-refractivity contribution in [3.05, 3.63) is 57.0 Å². The summed E-state index contributed by atoms with van der Waals surface area (Å²) in [5.74, 6) is 0. The smallest absolute Gasteiger partial charge is 0.274 e. The fourth-order valence-electron chi connectivity index (χ4n) is 2.19. The first-order valence-electron chi connectivity index (χ1n) is 6.13. The van der Waals surface area contributed by atoms with Crippen LogP contribution < -0.4 is 11.2 Å². The second-order valence-corrected chi connectivity index (χ2v) is 4.70. The lowest BCUT2D eigenvalue weighted by Gasteiger charge is -2.11. The van der Waals surface area contributed by atoms with Crippen LogP contribution >= 0.6 is 0 Å². The highest BCUT2D eigenvalue weighted by Gasteiger charge is 2.31. The zero-order valence-electron chi connectivity index (χ0n) is 11.2. The molecule has 0 amide bonds. The van der Waals surface area contributed by atoms with E-state index in [-0.39, 0.29) is 16.6 Å². The maximum atomic E-state index is 12.9. The monoisotopic (exact) mass is 310 g/mol. The van der Waals surface area contributed by atoms with E-state index in [2.05, 4.69) is 10.1 Å². The molecule has 0 saturated carbocycles. The fraction of sp³-hybridized carbons (Fsp3) is 0.154. The average molecular weight is 310 g/mol. The predicted octanol–water partition coefficient (Wildman–Crippen LogP) is 1.43. The van der Waals surface area contributed by atoms with Gasteiger partial charge in [-0.1, -0.05) is 0 Å². The van der Waals surface area contributed by atoms with Crippen LogP contribution in [0.1, 0.15) is 5.56 Å². The molecule has 0 radical (unpaired) electrons. The van der Waals surface area contributed by atoms with E-state index in [0.29, 0.717) is 0 Å². The summed E-state index contributed by atoms with van der Waals surface area (Å²) in [6.07, 6.45) is -1.80. The summed E-state index contributed by atoms with van der Waals surface area (Å²) in [6.45, 7) is 0. The molecule has 1 N–H and O–H groups in total. The van der Waals surface area contributed by atoms with Crippen molar-refractivity contribution >= 4 is 10.9 Å². The lowest BCUT2D eigenvalue weighted by Crippen LogP contribution is -2.29. The summed E-state index contributed by atoms with van der Waals surface area (Å²) in [5.41, 5.74) is -2.38. The van der Waals surface area contributed by atoms with Crippen molar-refractivity contribution in [3.8, 4) is 5.69 Å². The molecule has 0 atom stereocenters. The number of hydrogen-bond acceptors (Lipinski definition) is 3. The molecule has 9 heteroatoms. The lowest BCUT2D eigenvalue weighted by atomic mass is 10.1. The number of benzene rings is 1. The van der Waals surface area contributed by atoms with Crippen LogP contribution in [0.5, 0.6) is 0 Å². The third-order valence-corrected chi connectivity index (χ3v) is 3.18. The summed E-state index contributed by atoms with van der Waals surface area (Å²) in [6, 6.07) is 2.62. The number of rotatable bonds is 1. The van der Waals surface area contributed by atoms with Crippen LogP contribution in [0.25, 0.3) is 16.6 Å². The third-order valence-electron chi connectivity index (χ3n) is 3.18. The summed E-state index contributed by atoms with van der Waals surface area (Å²) in [7, 11) is 1.60. The number of aromatic amines is 1. The van der Waals surface area contributed by atoms with Crippen LogP contribution in [-0.2, 0) is 13.2 Å². The van der Waals surface area contributed by atoms with Gasteiger partial charge < -0.3 is 0 Å². The molecule has 6 nitrogen and oxygen atoms in total. The van der Waals surface area contributed by atoms with Crippen molar-refractivity contribution in [2.45, 2.75) is 6.18 Å². The minimum Gasteiger partial charge on any atom is -0.274 e. The quantitative estimate of drug-likeness (QED) is 0.739. The minimum atomic E-state index is -4.58. The number of halogens is 3. The average Bonchev–Trinajstić information content (AvgIpc) is 2.83. The number of aromatic nitrogens is 4. The SMILES string of the molecule is Cn1cc(-n2c(=O)[nH]c(=O)c3ccc(C(F)(F)F)cc32)cn1. The number of aryl methyl sites for hydroxylation is 1. The van der Waals surface area contributed by atoms with Crippen LogP contribution in [0.2, 0.25) is 0 Å². The highest BCUT2D eigenvalue weighted by molar-refractivity contribution is 5.80. The van der Waals surface area contributed by atoms with Gasteiger partial charge in [0.15, 0.2) is 0 Å². The van der Waals surface area contributed by atoms with Gasteiger partial charge in [0, 0.05) is 13.2 Å². The summed E-state index contributed by atoms with van der Waals surface area (Å²) >= 11 is 0. The van der Waals surface area contributed by atoms with Crippen LogP contribution in [0.4, 0.5) is 13.2 Å². The van der Waals surface area contributed by atoms with Gasteiger partial charge in [0.2, 0.25) is 0 Å². The molecule has 114 valence electrons. The molecule has 2 aromatic heterocycles. The Hall–Kier alpha value is -2.84. The molecule has 0 aliphatic rings. The number of alkyl halides is 3. The van der Waals surface area contributed by atoms with Gasteiger partial charge in [0.1, 0.15) is 0 Å². The highest BCUT2D eigenvalue weighted by Crippen LogP contribution is 2.30. The predicted molar refractivity (Wildman–Crippen MR) is 71.9 cm³/mol. The summed E-state index contributed by atoms with van der Waals surface area (Å²) < 4.78 is 41.0. The first kappa shape index (κ1) is 14.1. The molecular weight excluding hydrogens is 301 g/mol. The van der Waals surface area contributed by atoms with Gasteiger partial charge in [-0.2, -0.15) is 18.3 Å². The molecule has 0 unspecified atom stereocenters. The zero-order valence-corrected chi connectivity index (χ0v) is 11.2. The van der Waals surface area contributed by atoms with E-state index in [1.165, 1.54) is 17.1 Å². The van der Waals surface area contributed by atoms with E-state index in [4.69, 9.17) is 0 Å². The number of hydrogen-bond donors (Lipinski definition) is 1. The molecular formula is C13H9F3N4O2. The maximum Gasteiger partial charge on any atom is 0.416 e. The van der Waals surface area contributed by atoms with Crippen molar-refractivity contribution in [1.82, 2.24) is 19.3 Å². The van der Waals surface area contributed by atoms with Crippen molar-refractivity contribution in [1.29, 1.82) is 0 Å². The molecule has 0 bridgehead atoms. The Morgan fingerprint density at radius 1 is 1.23 bits per heavy atom. The van der Waals surface area contributed by atoms with E-state index < -0.39 is 23.0 Å². The highest BCUT2D eigenvalue weighted by atomic mass is 19.4. The molecule has 22 heavy (non-hydrogen) atoms. The fourth-order valence-corrected chi connectivity index (χ4v) is 2.19. The summed E-state index contributed by atoms with van der Waals surface area (Å²) in [4.78, 5) is 25.9. The van der Waals surface area contributed by atoms with E-state index in [1.807, 2.05) is 0 Å². The Morgan fingerprint density at radius 2 is 1.95 bits per heavy atom. The third kappa shape index (κ3) is 2.20. The molecule has 0 aliphatic carbocycles. The number of nitrogens with one attached hydrogen (secondary N) is 1. The van der Waals surface area contributed by atoms with Crippen molar-refractivity contribution in [3.63, 3.8) is 0 Å². The Kier molecular flexibility index (Phi) is 2.94. The Bertz CT molecular complexity index is 981. The largest absolute Gasteiger partial charge is 0.416 e. The Morgan fingerprint density at radius 3 is 2.55 bits per heavy atom.